The molecule has 5 rings (SSSR count). The first-order valence-corrected chi connectivity index (χ1v) is 11.9. The highest BCUT2D eigenvalue weighted by Crippen LogP contribution is 2.40. The molecule has 0 bridgehead atoms. The molecule has 0 radical (unpaired) electrons. The Balaban J connectivity index is 1.64. The highest BCUT2D eigenvalue weighted by molar-refractivity contribution is 7.90. The van der Waals surface area contributed by atoms with E-state index >= 15 is 0 Å². The summed E-state index contributed by atoms with van der Waals surface area (Å²) in [6, 6.07) is 3.43. The molecule has 1 aromatic carbocycles. The SMILES string of the molecule is CC(C1CC1)N1Cc2cc(-c3cnc(N)c(-c4cn[nH]c4)n3)cc(S(C)(=O)=O)c2C1=O. The summed E-state index contributed by atoms with van der Waals surface area (Å²) in [5, 5.41) is 6.63. The predicted octanol–water partition coefficient (Wildman–Crippen LogP) is 2.27. The maximum absolute atomic E-state index is 13.1. The van der Waals surface area contributed by atoms with Crippen LogP contribution in [0, 0.1) is 5.92 Å². The van der Waals surface area contributed by atoms with Crippen molar-refractivity contribution in [1.82, 2.24) is 25.1 Å². The number of aromatic nitrogens is 4. The molecule has 1 amide bonds. The van der Waals surface area contributed by atoms with Gasteiger partial charge < -0.3 is 10.6 Å². The van der Waals surface area contributed by atoms with Gasteiger partial charge in [-0.1, -0.05) is 0 Å². The Morgan fingerprint density at radius 3 is 2.65 bits per heavy atom. The summed E-state index contributed by atoms with van der Waals surface area (Å²) >= 11 is 0. The highest BCUT2D eigenvalue weighted by Gasteiger charge is 2.40. The van der Waals surface area contributed by atoms with E-state index in [-0.39, 0.29) is 28.2 Å². The van der Waals surface area contributed by atoms with Crippen LogP contribution in [0.1, 0.15) is 35.7 Å². The maximum atomic E-state index is 13.1. The van der Waals surface area contributed by atoms with Crippen molar-refractivity contribution in [3.8, 4) is 22.5 Å². The van der Waals surface area contributed by atoms with Gasteiger partial charge in [0.05, 0.1) is 28.5 Å². The van der Waals surface area contributed by atoms with Crippen LogP contribution in [0.5, 0.6) is 0 Å². The van der Waals surface area contributed by atoms with Crippen LogP contribution in [-0.4, -0.2) is 51.7 Å². The fraction of sp³-hybridized carbons (Fsp3) is 0.333. The zero-order valence-electron chi connectivity index (χ0n) is 17.2. The quantitative estimate of drug-likeness (QED) is 0.624. The minimum Gasteiger partial charge on any atom is -0.382 e. The first-order chi connectivity index (χ1) is 14.7. The van der Waals surface area contributed by atoms with Gasteiger partial charge >= 0.3 is 0 Å². The molecule has 160 valence electrons. The smallest absolute Gasteiger partial charge is 0.256 e. The molecule has 0 spiro atoms. The molecule has 1 fully saturated rings. The molecule has 3 N–H and O–H groups in total. The van der Waals surface area contributed by atoms with Crippen molar-refractivity contribution in [3.63, 3.8) is 0 Å². The number of nitrogens with zero attached hydrogens (tertiary/aromatic N) is 4. The summed E-state index contributed by atoms with van der Waals surface area (Å²) in [4.78, 5) is 23.8. The van der Waals surface area contributed by atoms with Gasteiger partial charge in [-0.2, -0.15) is 5.10 Å². The Labute approximate surface area is 179 Å². The van der Waals surface area contributed by atoms with Crippen LogP contribution >= 0.6 is 0 Å². The summed E-state index contributed by atoms with van der Waals surface area (Å²) in [6.45, 7) is 2.42. The fourth-order valence-corrected chi connectivity index (χ4v) is 5.10. The Morgan fingerprint density at radius 1 is 1.23 bits per heavy atom. The second-order valence-corrected chi connectivity index (χ2v) is 10.3. The van der Waals surface area contributed by atoms with Crippen molar-refractivity contribution in [2.45, 2.75) is 37.2 Å². The van der Waals surface area contributed by atoms with E-state index in [2.05, 4.69) is 20.2 Å². The zero-order valence-corrected chi connectivity index (χ0v) is 18.0. The molecule has 1 atom stereocenters. The number of amides is 1. The number of hydrogen-bond donors (Lipinski definition) is 2. The van der Waals surface area contributed by atoms with E-state index in [0.717, 1.165) is 19.1 Å². The highest BCUT2D eigenvalue weighted by atomic mass is 32.2. The molecule has 9 nitrogen and oxygen atoms in total. The molecule has 1 saturated carbocycles. The van der Waals surface area contributed by atoms with Gasteiger partial charge in [-0.25, -0.2) is 18.4 Å². The average molecular weight is 439 g/mol. The number of H-pyrrole nitrogens is 1. The summed E-state index contributed by atoms with van der Waals surface area (Å²) in [5.74, 6) is 0.512. The molecule has 2 aromatic heterocycles. The van der Waals surface area contributed by atoms with Crippen molar-refractivity contribution in [3.05, 3.63) is 41.9 Å². The number of nitrogen functional groups attached to an aromatic ring is 1. The minimum absolute atomic E-state index is 0.0268. The normalized spacial score (nSPS) is 17.1. The number of nitrogens with two attached hydrogens (primary N) is 1. The molecule has 2 aliphatic rings. The van der Waals surface area contributed by atoms with E-state index in [9.17, 15) is 13.2 Å². The number of fused-ring (bicyclic) bond motifs is 1. The molecule has 1 aliphatic carbocycles. The van der Waals surface area contributed by atoms with Crippen molar-refractivity contribution in [2.24, 2.45) is 5.92 Å². The monoisotopic (exact) mass is 438 g/mol. The van der Waals surface area contributed by atoms with E-state index < -0.39 is 9.84 Å². The number of anilines is 1. The third-order valence-electron chi connectivity index (χ3n) is 6.06. The average Bonchev–Trinajstić information content (AvgIpc) is 3.33. The molecular formula is C21H22N6O3S. The van der Waals surface area contributed by atoms with Gasteiger partial charge in [0.25, 0.3) is 5.91 Å². The maximum Gasteiger partial charge on any atom is 0.256 e. The van der Waals surface area contributed by atoms with Gasteiger partial charge in [-0.15, -0.1) is 0 Å². The molecule has 1 unspecified atom stereocenters. The van der Waals surface area contributed by atoms with Crippen LogP contribution in [0.25, 0.3) is 22.5 Å². The number of benzene rings is 1. The first kappa shape index (κ1) is 19.7. The second kappa shape index (κ2) is 6.88. The summed E-state index contributed by atoms with van der Waals surface area (Å²) < 4.78 is 25.2. The summed E-state index contributed by atoms with van der Waals surface area (Å²) in [5.41, 5.74) is 9.13. The van der Waals surface area contributed by atoms with Crippen LogP contribution in [0.4, 0.5) is 5.82 Å². The number of hydrogen-bond acceptors (Lipinski definition) is 7. The molecule has 0 saturated heterocycles. The third kappa shape index (κ3) is 3.36. The topological polar surface area (TPSA) is 135 Å². The number of rotatable bonds is 5. The van der Waals surface area contributed by atoms with Crippen LogP contribution in [0.2, 0.25) is 0 Å². The molecule has 31 heavy (non-hydrogen) atoms. The summed E-state index contributed by atoms with van der Waals surface area (Å²) in [7, 11) is -3.64. The summed E-state index contributed by atoms with van der Waals surface area (Å²) in [6.07, 6.45) is 8.08. The van der Waals surface area contributed by atoms with Crippen LogP contribution in [0.3, 0.4) is 0 Å². The Hall–Kier alpha value is -3.27. The lowest BCUT2D eigenvalue weighted by molar-refractivity contribution is 0.0694. The van der Waals surface area contributed by atoms with Gasteiger partial charge in [0.2, 0.25) is 0 Å². The van der Waals surface area contributed by atoms with Crippen molar-refractivity contribution < 1.29 is 13.2 Å². The van der Waals surface area contributed by atoms with Crippen LogP contribution in [0.15, 0.2) is 35.6 Å². The fourth-order valence-electron chi connectivity index (χ4n) is 4.17. The molecule has 10 heteroatoms. The Kier molecular flexibility index (Phi) is 4.37. The lowest BCUT2D eigenvalue weighted by Crippen LogP contribution is -2.35. The lowest BCUT2D eigenvalue weighted by Gasteiger charge is -2.24. The zero-order chi connectivity index (χ0) is 21.9. The van der Waals surface area contributed by atoms with Gasteiger partial charge in [0.1, 0.15) is 11.5 Å². The number of aromatic amines is 1. The van der Waals surface area contributed by atoms with Gasteiger partial charge in [-0.05, 0) is 43.4 Å². The third-order valence-corrected chi connectivity index (χ3v) is 7.18. The van der Waals surface area contributed by atoms with Crippen molar-refractivity contribution in [1.29, 1.82) is 0 Å². The van der Waals surface area contributed by atoms with Crippen molar-refractivity contribution in [2.75, 3.05) is 12.0 Å². The first-order valence-electron chi connectivity index (χ1n) is 10.0. The second-order valence-electron chi connectivity index (χ2n) is 8.27. The van der Waals surface area contributed by atoms with Gasteiger partial charge in [0, 0.05) is 36.2 Å². The van der Waals surface area contributed by atoms with E-state index in [4.69, 9.17) is 5.73 Å². The van der Waals surface area contributed by atoms with E-state index in [0.29, 0.717) is 40.5 Å². The molecule has 1 aliphatic heterocycles. The molecular weight excluding hydrogens is 416 g/mol. The Bertz CT molecular complexity index is 1300. The lowest BCUT2D eigenvalue weighted by atomic mass is 10.0. The molecule has 3 aromatic rings. The number of nitrogens with one attached hydrogen (secondary N) is 1. The van der Waals surface area contributed by atoms with Crippen LogP contribution in [-0.2, 0) is 16.4 Å². The number of carbonyl (C=O) groups is 1. The van der Waals surface area contributed by atoms with Crippen LogP contribution < -0.4 is 5.73 Å². The van der Waals surface area contributed by atoms with E-state index in [1.54, 1.807) is 17.3 Å². The van der Waals surface area contributed by atoms with Gasteiger partial charge in [0.15, 0.2) is 9.84 Å². The standard InChI is InChI=1S/C21H22N6O3S/c1-11(12-3-4-12)27-10-14-5-13(6-17(31(2,29)30)18(14)21(27)28)16-9-23-20(22)19(26-16)15-7-24-25-8-15/h5-9,11-12H,3-4,10H2,1-2H3,(H2,22,23)(H,24,25). The number of sulfone groups is 1. The van der Waals surface area contributed by atoms with Crippen molar-refractivity contribution >= 4 is 21.6 Å². The largest absolute Gasteiger partial charge is 0.382 e. The Morgan fingerprint density at radius 2 is 2.00 bits per heavy atom. The number of carbonyl (C=O) groups excluding carboxylic acids is 1. The molecule has 3 heterocycles. The predicted molar refractivity (Wildman–Crippen MR) is 115 cm³/mol. The minimum atomic E-state index is -3.64. The van der Waals surface area contributed by atoms with Gasteiger partial charge in [-0.3, -0.25) is 9.89 Å². The van der Waals surface area contributed by atoms with E-state index in [1.807, 2.05) is 13.0 Å². The van der Waals surface area contributed by atoms with E-state index in [1.165, 1.54) is 12.3 Å².